The lowest BCUT2D eigenvalue weighted by atomic mass is 10.1. The average Bonchev–Trinajstić information content (AvgIpc) is 3.56. The Morgan fingerprint density at radius 1 is 0.923 bits per heavy atom. The largest absolute Gasteiger partial charge is 0.462 e. The Morgan fingerprint density at radius 2 is 1.64 bits per heavy atom. The number of carbonyl (C=O) groups excluding carboxylic acids is 1. The molecule has 3 heterocycles. The minimum Gasteiger partial charge on any atom is -0.462 e. The quantitative estimate of drug-likeness (QED) is 0.168. The molecular weight excluding hydrogens is 510 g/mol. The molecule has 0 unspecified atom stereocenters. The van der Waals surface area contributed by atoms with Gasteiger partial charge in [-0.15, -0.1) is 0 Å². The molecule has 39 heavy (non-hydrogen) atoms. The van der Waals surface area contributed by atoms with Gasteiger partial charge in [-0.05, 0) is 62.7 Å². The third-order valence-corrected chi connectivity index (χ3v) is 8.13. The highest BCUT2D eigenvalue weighted by atomic mass is 32.1. The van der Waals surface area contributed by atoms with Crippen LogP contribution < -0.4 is 4.90 Å². The maximum Gasteiger partial charge on any atom is 0.338 e. The molecular formula is C30H37N5O3S. The Hall–Kier alpha value is -3.27. The zero-order valence-corrected chi connectivity index (χ0v) is 23.7. The predicted molar refractivity (Wildman–Crippen MR) is 157 cm³/mol. The van der Waals surface area contributed by atoms with Crippen LogP contribution in [0.1, 0.15) is 43.0 Å². The molecule has 1 saturated heterocycles. The van der Waals surface area contributed by atoms with Gasteiger partial charge in [-0.2, -0.15) is 5.10 Å². The van der Waals surface area contributed by atoms with Crippen molar-refractivity contribution in [1.29, 1.82) is 0 Å². The highest BCUT2D eigenvalue weighted by Gasteiger charge is 2.18. The molecule has 0 aliphatic carbocycles. The summed E-state index contributed by atoms with van der Waals surface area (Å²) >= 11 is 1.58. The van der Waals surface area contributed by atoms with Gasteiger partial charge in [0.15, 0.2) is 0 Å². The van der Waals surface area contributed by atoms with Gasteiger partial charge in [-0.25, -0.2) is 14.3 Å². The Labute approximate surface area is 234 Å². The van der Waals surface area contributed by atoms with Gasteiger partial charge in [0.25, 0.3) is 0 Å². The second-order valence-corrected chi connectivity index (χ2v) is 10.8. The van der Waals surface area contributed by atoms with Crippen molar-refractivity contribution in [2.24, 2.45) is 0 Å². The minimum atomic E-state index is -0.311. The van der Waals surface area contributed by atoms with Gasteiger partial charge in [0.05, 0.1) is 24.1 Å². The fourth-order valence-corrected chi connectivity index (χ4v) is 5.81. The summed E-state index contributed by atoms with van der Waals surface area (Å²) in [7, 11) is 1.78. The van der Waals surface area contributed by atoms with Crippen molar-refractivity contribution < 1.29 is 14.3 Å². The van der Waals surface area contributed by atoms with Crippen LogP contribution in [-0.4, -0.2) is 78.5 Å². The lowest BCUT2D eigenvalue weighted by Crippen LogP contribution is -2.46. The van der Waals surface area contributed by atoms with Gasteiger partial charge in [0, 0.05) is 56.7 Å². The molecule has 8 nitrogen and oxygen atoms in total. The molecule has 0 atom stereocenters. The predicted octanol–water partition coefficient (Wildman–Crippen LogP) is 5.63. The summed E-state index contributed by atoms with van der Waals surface area (Å²) in [4.78, 5) is 22.6. The van der Waals surface area contributed by atoms with Crippen LogP contribution in [0.25, 0.3) is 26.8 Å². The molecule has 0 amide bonds. The molecule has 1 fully saturated rings. The summed E-state index contributed by atoms with van der Waals surface area (Å²) in [5, 5.41) is 5.72. The molecule has 0 N–H and O–H groups in total. The number of ether oxygens (including phenoxy) is 2. The van der Waals surface area contributed by atoms with E-state index in [0.29, 0.717) is 12.2 Å². The van der Waals surface area contributed by atoms with Crippen LogP contribution in [0.5, 0.6) is 0 Å². The number of carbonyl (C=O) groups is 1. The highest BCUT2D eigenvalue weighted by Crippen LogP contribution is 2.30. The molecule has 9 heteroatoms. The number of hydrogen-bond donors (Lipinski definition) is 0. The zero-order chi connectivity index (χ0) is 27.0. The number of piperazine rings is 1. The number of fused-ring (bicyclic) bond motifs is 1. The molecule has 0 radical (unpaired) electrons. The van der Waals surface area contributed by atoms with Crippen molar-refractivity contribution in [2.75, 3.05) is 57.9 Å². The van der Waals surface area contributed by atoms with E-state index < -0.39 is 0 Å². The number of anilines is 1. The minimum absolute atomic E-state index is 0.311. The summed E-state index contributed by atoms with van der Waals surface area (Å²) in [6, 6.07) is 16.1. The first-order chi connectivity index (χ1) is 19.1. The summed E-state index contributed by atoms with van der Waals surface area (Å²) in [6.07, 6.45) is 6.93. The van der Waals surface area contributed by atoms with Gasteiger partial charge in [-0.3, -0.25) is 4.90 Å². The molecule has 0 saturated carbocycles. The van der Waals surface area contributed by atoms with Crippen LogP contribution in [0.2, 0.25) is 0 Å². The normalized spacial score (nSPS) is 14.3. The van der Waals surface area contributed by atoms with Gasteiger partial charge >= 0.3 is 5.97 Å². The first-order valence-electron chi connectivity index (χ1n) is 13.8. The Kier molecular flexibility index (Phi) is 9.23. The average molecular weight is 548 g/mol. The molecule has 2 aromatic heterocycles. The summed E-state index contributed by atoms with van der Waals surface area (Å²) < 4.78 is 12.0. The number of nitrogens with zero attached hydrogens (tertiary/aromatic N) is 5. The van der Waals surface area contributed by atoms with Crippen molar-refractivity contribution >= 4 is 28.0 Å². The maximum absolute atomic E-state index is 11.9. The third kappa shape index (κ3) is 6.84. The van der Waals surface area contributed by atoms with E-state index in [1.807, 2.05) is 22.8 Å². The van der Waals surface area contributed by atoms with Gasteiger partial charge in [0.1, 0.15) is 5.01 Å². The van der Waals surface area contributed by atoms with Crippen molar-refractivity contribution in [1.82, 2.24) is 19.5 Å². The molecule has 1 aliphatic heterocycles. The van der Waals surface area contributed by atoms with E-state index in [1.54, 1.807) is 37.5 Å². The molecule has 2 aromatic carbocycles. The first-order valence-corrected chi connectivity index (χ1v) is 14.7. The summed E-state index contributed by atoms with van der Waals surface area (Å²) in [6.45, 7) is 8.62. The van der Waals surface area contributed by atoms with E-state index in [9.17, 15) is 4.79 Å². The summed E-state index contributed by atoms with van der Waals surface area (Å²) in [5.41, 5.74) is 4.68. The van der Waals surface area contributed by atoms with E-state index in [1.165, 1.54) is 37.9 Å². The number of unbranched alkanes of at least 4 members (excludes halogenated alkanes) is 3. The van der Waals surface area contributed by atoms with Crippen LogP contribution in [0, 0.1) is 0 Å². The SMILES string of the molecule is CCOC(=O)c1ccc(-c2cn3nc(-c4ccc(N5CCN(CCCCCCOC)CC5)cc4)sc3n2)cc1. The van der Waals surface area contributed by atoms with E-state index in [0.717, 1.165) is 59.6 Å². The molecule has 4 aromatic rings. The standard InChI is InChI=1S/C30H37N5O3S/c1-3-38-29(36)25-10-8-23(9-11-25)27-22-35-30(31-27)39-28(32-35)24-12-14-26(15-13-24)34-19-17-33(18-20-34)16-6-4-5-7-21-37-2/h8-15,22H,3-7,16-21H2,1-2H3. The third-order valence-electron chi connectivity index (χ3n) is 7.16. The zero-order valence-electron chi connectivity index (χ0n) is 22.8. The number of esters is 1. The van der Waals surface area contributed by atoms with E-state index >= 15 is 0 Å². The second-order valence-electron chi connectivity index (χ2n) is 9.84. The Balaban J connectivity index is 1.14. The van der Waals surface area contributed by atoms with Crippen molar-refractivity contribution in [2.45, 2.75) is 32.6 Å². The Morgan fingerprint density at radius 3 is 2.33 bits per heavy atom. The number of rotatable bonds is 12. The van der Waals surface area contributed by atoms with Crippen LogP contribution >= 0.6 is 11.3 Å². The van der Waals surface area contributed by atoms with Crippen molar-refractivity contribution in [3.05, 3.63) is 60.3 Å². The molecule has 1 aliphatic rings. The van der Waals surface area contributed by atoms with Gasteiger partial charge < -0.3 is 14.4 Å². The molecule has 5 rings (SSSR count). The van der Waals surface area contributed by atoms with Gasteiger partial charge in [-0.1, -0.05) is 36.3 Å². The fraction of sp³-hybridized carbons (Fsp3) is 0.433. The van der Waals surface area contributed by atoms with Crippen LogP contribution in [0.4, 0.5) is 5.69 Å². The topological polar surface area (TPSA) is 72.2 Å². The lowest BCUT2D eigenvalue weighted by Gasteiger charge is -2.36. The fourth-order valence-electron chi connectivity index (χ4n) is 4.93. The highest BCUT2D eigenvalue weighted by molar-refractivity contribution is 7.19. The van der Waals surface area contributed by atoms with Gasteiger partial charge in [0.2, 0.25) is 4.96 Å². The van der Waals surface area contributed by atoms with E-state index in [2.05, 4.69) is 34.1 Å². The number of imidazole rings is 1. The smallest absolute Gasteiger partial charge is 0.338 e. The number of benzene rings is 2. The molecule has 206 valence electrons. The van der Waals surface area contributed by atoms with Crippen molar-refractivity contribution in [3.8, 4) is 21.8 Å². The number of hydrogen-bond acceptors (Lipinski definition) is 8. The second kappa shape index (κ2) is 13.2. The van der Waals surface area contributed by atoms with Crippen LogP contribution in [0.15, 0.2) is 54.7 Å². The maximum atomic E-state index is 11.9. The molecule has 0 spiro atoms. The van der Waals surface area contributed by atoms with Crippen LogP contribution in [0.3, 0.4) is 0 Å². The number of aromatic nitrogens is 3. The lowest BCUT2D eigenvalue weighted by molar-refractivity contribution is 0.0526. The van der Waals surface area contributed by atoms with E-state index in [-0.39, 0.29) is 5.97 Å². The molecule has 0 bridgehead atoms. The monoisotopic (exact) mass is 547 g/mol. The van der Waals surface area contributed by atoms with Crippen LogP contribution in [-0.2, 0) is 9.47 Å². The first kappa shape index (κ1) is 27.3. The number of methoxy groups -OCH3 is 1. The van der Waals surface area contributed by atoms with Crippen molar-refractivity contribution in [3.63, 3.8) is 0 Å². The summed E-state index contributed by atoms with van der Waals surface area (Å²) in [5.74, 6) is -0.311. The van der Waals surface area contributed by atoms with E-state index in [4.69, 9.17) is 19.6 Å². The Bertz CT molecular complexity index is 1310.